The number of nitrogens with one attached hydrogen (secondary N) is 1. The number of amides is 1. The number of nitrogens with zero attached hydrogens (tertiary/aromatic N) is 2. The van der Waals surface area contributed by atoms with Crippen LogP contribution >= 0.6 is 11.6 Å². The molecule has 0 aliphatic carbocycles. The summed E-state index contributed by atoms with van der Waals surface area (Å²) in [5.41, 5.74) is 1.24. The molecule has 0 spiro atoms. The topological polar surface area (TPSA) is 102 Å². The van der Waals surface area contributed by atoms with Crippen LogP contribution in [0.1, 0.15) is 12.5 Å². The van der Waals surface area contributed by atoms with Crippen LogP contribution in [-0.4, -0.2) is 30.3 Å². The fraction of sp³-hybridized carbons (Fsp3) is 0.105. The van der Waals surface area contributed by atoms with Gasteiger partial charge in [0.25, 0.3) is 5.91 Å². The van der Waals surface area contributed by atoms with Crippen molar-refractivity contribution in [3.8, 4) is 11.5 Å². The fourth-order valence-electron chi connectivity index (χ4n) is 2.28. The van der Waals surface area contributed by atoms with Gasteiger partial charge in [-0.05, 0) is 42.0 Å². The number of hydrogen-bond acceptors (Lipinski definition) is 6. The van der Waals surface area contributed by atoms with Crippen LogP contribution in [0.2, 0.25) is 5.02 Å². The van der Waals surface area contributed by atoms with Gasteiger partial charge in [-0.3, -0.25) is 10.1 Å². The van der Waals surface area contributed by atoms with Crippen molar-refractivity contribution in [3.05, 3.63) is 65.2 Å². The molecule has 9 heteroatoms. The zero-order valence-electron chi connectivity index (χ0n) is 14.8. The monoisotopic (exact) mass is 417 g/mol. The Labute approximate surface area is 167 Å². The molecule has 1 heterocycles. The lowest BCUT2D eigenvalue weighted by molar-refractivity contribution is -0.112. The second kappa shape index (κ2) is 8.37. The quantitative estimate of drug-likeness (QED) is 0.611. The van der Waals surface area contributed by atoms with Gasteiger partial charge in [-0.1, -0.05) is 41.8 Å². The Morgan fingerprint density at radius 2 is 1.86 bits per heavy atom. The van der Waals surface area contributed by atoms with E-state index in [4.69, 9.17) is 16.0 Å². The Balaban J connectivity index is 1.69. The summed E-state index contributed by atoms with van der Waals surface area (Å²) in [6.07, 6.45) is 2.87. The molecule has 3 aromatic rings. The van der Waals surface area contributed by atoms with Crippen molar-refractivity contribution in [1.82, 2.24) is 10.2 Å². The Kier molecular flexibility index (Phi) is 5.91. The SMILES string of the molecule is CCS(=O)(=O)c1ccc(-c2nnc(NC(=O)C=Cc3ccccc3Cl)o2)cc1. The normalized spacial score (nSPS) is 11.6. The largest absolute Gasteiger partial charge is 0.403 e. The second-order valence-corrected chi connectivity index (χ2v) is 8.37. The number of carbonyl (C=O) groups is 1. The Morgan fingerprint density at radius 3 is 2.54 bits per heavy atom. The summed E-state index contributed by atoms with van der Waals surface area (Å²) in [6.45, 7) is 1.58. The van der Waals surface area contributed by atoms with E-state index in [2.05, 4.69) is 15.5 Å². The highest BCUT2D eigenvalue weighted by Gasteiger charge is 2.14. The number of benzene rings is 2. The van der Waals surface area contributed by atoms with Crippen LogP contribution in [0.4, 0.5) is 6.01 Å². The lowest BCUT2D eigenvalue weighted by atomic mass is 10.2. The first kappa shape index (κ1) is 19.8. The molecule has 144 valence electrons. The summed E-state index contributed by atoms with van der Waals surface area (Å²) in [5, 5.41) is 10.6. The molecule has 0 radical (unpaired) electrons. The van der Waals surface area contributed by atoms with Crippen LogP contribution in [0.5, 0.6) is 0 Å². The molecule has 2 aromatic carbocycles. The van der Waals surface area contributed by atoms with Gasteiger partial charge in [-0.2, -0.15) is 0 Å². The number of aromatic nitrogens is 2. The summed E-state index contributed by atoms with van der Waals surface area (Å²) in [5.74, 6) is -0.282. The summed E-state index contributed by atoms with van der Waals surface area (Å²) < 4.78 is 29.1. The first-order chi connectivity index (χ1) is 13.4. The molecule has 0 unspecified atom stereocenters. The molecular formula is C19H16ClN3O4S. The lowest BCUT2D eigenvalue weighted by Gasteiger charge is -2.01. The third-order valence-electron chi connectivity index (χ3n) is 3.82. The average Bonchev–Trinajstić information content (AvgIpc) is 3.16. The Morgan fingerprint density at radius 1 is 1.14 bits per heavy atom. The number of anilines is 1. The molecule has 1 aromatic heterocycles. The molecule has 3 rings (SSSR count). The van der Waals surface area contributed by atoms with Crippen molar-refractivity contribution in [3.63, 3.8) is 0 Å². The summed E-state index contributed by atoms with van der Waals surface area (Å²) in [4.78, 5) is 12.2. The van der Waals surface area contributed by atoms with E-state index in [-0.39, 0.29) is 22.6 Å². The molecule has 0 aliphatic rings. The molecule has 1 N–H and O–H groups in total. The Hall–Kier alpha value is -2.97. The maximum absolute atomic E-state index is 12.0. The first-order valence-corrected chi connectivity index (χ1v) is 10.3. The molecule has 0 bridgehead atoms. The third kappa shape index (κ3) is 4.65. The maximum atomic E-state index is 12.0. The van der Waals surface area contributed by atoms with E-state index in [1.165, 1.54) is 18.2 Å². The van der Waals surface area contributed by atoms with Crippen molar-refractivity contribution in [2.45, 2.75) is 11.8 Å². The number of carbonyl (C=O) groups excluding carboxylic acids is 1. The van der Waals surface area contributed by atoms with Crippen molar-refractivity contribution in [2.75, 3.05) is 11.1 Å². The van der Waals surface area contributed by atoms with Crippen molar-refractivity contribution in [1.29, 1.82) is 0 Å². The second-order valence-electron chi connectivity index (χ2n) is 5.68. The van der Waals surface area contributed by atoms with E-state index in [1.54, 1.807) is 43.3 Å². The highest BCUT2D eigenvalue weighted by atomic mass is 35.5. The molecular weight excluding hydrogens is 402 g/mol. The molecule has 0 saturated carbocycles. The van der Waals surface area contributed by atoms with Crippen LogP contribution in [0.15, 0.2) is 63.9 Å². The van der Waals surface area contributed by atoms with Crippen molar-refractivity contribution >= 4 is 39.4 Å². The average molecular weight is 418 g/mol. The van der Waals surface area contributed by atoms with Gasteiger partial charge in [-0.15, -0.1) is 5.10 Å². The van der Waals surface area contributed by atoms with Gasteiger partial charge in [0.15, 0.2) is 9.84 Å². The van der Waals surface area contributed by atoms with Gasteiger partial charge >= 0.3 is 6.01 Å². The molecule has 0 aliphatic heterocycles. The van der Waals surface area contributed by atoms with E-state index in [0.29, 0.717) is 16.1 Å². The number of halogens is 1. The molecule has 7 nitrogen and oxygen atoms in total. The predicted molar refractivity (Wildman–Crippen MR) is 107 cm³/mol. The van der Waals surface area contributed by atoms with Crippen LogP contribution in [0.25, 0.3) is 17.5 Å². The number of sulfone groups is 1. The minimum atomic E-state index is -3.28. The fourth-order valence-corrected chi connectivity index (χ4v) is 3.37. The zero-order valence-corrected chi connectivity index (χ0v) is 16.4. The lowest BCUT2D eigenvalue weighted by Crippen LogP contribution is -2.07. The molecule has 1 amide bonds. The molecule has 0 saturated heterocycles. The van der Waals surface area contributed by atoms with E-state index < -0.39 is 15.7 Å². The minimum Gasteiger partial charge on any atom is -0.403 e. The van der Waals surface area contributed by atoms with E-state index >= 15 is 0 Å². The van der Waals surface area contributed by atoms with Gasteiger partial charge in [0, 0.05) is 16.7 Å². The summed E-state index contributed by atoms with van der Waals surface area (Å²) in [6, 6.07) is 13.1. The van der Waals surface area contributed by atoms with Crippen LogP contribution in [-0.2, 0) is 14.6 Å². The molecule has 28 heavy (non-hydrogen) atoms. The van der Waals surface area contributed by atoms with Crippen molar-refractivity contribution in [2.24, 2.45) is 0 Å². The third-order valence-corrected chi connectivity index (χ3v) is 5.91. The molecule has 0 atom stereocenters. The summed E-state index contributed by atoms with van der Waals surface area (Å²) in [7, 11) is -3.28. The van der Waals surface area contributed by atoms with Crippen molar-refractivity contribution < 1.29 is 17.6 Å². The predicted octanol–water partition coefficient (Wildman–Crippen LogP) is 3.84. The number of rotatable bonds is 6. The smallest absolute Gasteiger partial charge is 0.322 e. The van der Waals surface area contributed by atoms with Crippen LogP contribution < -0.4 is 5.32 Å². The Bertz CT molecular complexity index is 1120. The van der Waals surface area contributed by atoms with Gasteiger partial charge in [0.2, 0.25) is 5.89 Å². The zero-order chi connectivity index (χ0) is 20.1. The van der Waals surface area contributed by atoms with Crippen LogP contribution in [0, 0.1) is 0 Å². The van der Waals surface area contributed by atoms with E-state index in [1.807, 2.05) is 6.07 Å². The number of hydrogen-bond donors (Lipinski definition) is 1. The summed E-state index contributed by atoms with van der Waals surface area (Å²) >= 11 is 6.03. The highest BCUT2D eigenvalue weighted by Crippen LogP contribution is 2.22. The standard InChI is InChI=1S/C19H16ClN3O4S/c1-2-28(25,26)15-10-7-14(8-11-15)18-22-23-19(27-18)21-17(24)12-9-13-5-3-4-6-16(13)20/h3-12H,2H2,1H3,(H,21,23,24). The van der Waals surface area contributed by atoms with E-state index in [9.17, 15) is 13.2 Å². The highest BCUT2D eigenvalue weighted by molar-refractivity contribution is 7.91. The van der Waals surface area contributed by atoms with Crippen LogP contribution in [0.3, 0.4) is 0 Å². The maximum Gasteiger partial charge on any atom is 0.322 e. The van der Waals surface area contributed by atoms with Gasteiger partial charge in [-0.25, -0.2) is 8.42 Å². The van der Waals surface area contributed by atoms with Gasteiger partial charge in [0.1, 0.15) is 0 Å². The van der Waals surface area contributed by atoms with E-state index in [0.717, 1.165) is 0 Å². The molecule has 0 fully saturated rings. The van der Waals surface area contributed by atoms with Gasteiger partial charge < -0.3 is 4.42 Å². The minimum absolute atomic E-state index is 0.0186. The van der Waals surface area contributed by atoms with Gasteiger partial charge in [0.05, 0.1) is 10.6 Å². The first-order valence-electron chi connectivity index (χ1n) is 8.29.